The van der Waals surface area contributed by atoms with E-state index >= 15 is 0 Å². The van der Waals surface area contributed by atoms with Crippen LogP contribution in [0.4, 0.5) is 17.1 Å². The Bertz CT molecular complexity index is 862. The van der Waals surface area contributed by atoms with E-state index in [9.17, 15) is 30.4 Å². The van der Waals surface area contributed by atoms with Crippen LogP contribution >= 0.6 is 0 Å². The van der Waals surface area contributed by atoms with Crippen LogP contribution in [0, 0.1) is 31.6 Å². The van der Waals surface area contributed by atoms with E-state index in [1.807, 2.05) is 0 Å². The minimum absolute atomic E-state index is 0.0222. The fourth-order valence-corrected chi connectivity index (χ4v) is 2.32. The van der Waals surface area contributed by atoms with Gasteiger partial charge in [0.2, 0.25) is 0 Å². The molecule has 0 aliphatic heterocycles. The fourth-order valence-electron chi connectivity index (χ4n) is 2.32. The van der Waals surface area contributed by atoms with Crippen molar-refractivity contribution in [3.05, 3.63) is 73.8 Å². The summed E-state index contributed by atoms with van der Waals surface area (Å²) in [5.74, 6) is 0. The molecule has 10 heteroatoms. The van der Waals surface area contributed by atoms with Crippen LogP contribution < -0.4 is 5.32 Å². The maximum absolute atomic E-state index is 11.2. The predicted octanol–water partition coefficient (Wildman–Crippen LogP) is 1.88. The molecule has 0 spiro atoms. The van der Waals surface area contributed by atoms with Crippen molar-refractivity contribution in [3.8, 4) is 6.07 Å². The molecule has 0 aromatic heterocycles. The minimum Gasteiger partial charge on any atom is -0.394 e. The lowest BCUT2D eigenvalue weighted by Gasteiger charge is -2.23. The molecule has 0 fully saturated rings. The van der Waals surface area contributed by atoms with Gasteiger partial charge in [-0.15, -0.1) is 0 Å². The van der Waals surface area contributed by atoms with Gasteiger partial charge in [-0.05, 0) is 29.8 Å². The van der Waals surface area contributed by atoms with Gasteiger partial charge < -0.3 is 15.5 Å². The van der Waals surface area contributed by atoms with Crippen LogP contribution in [-0.4, -0.2) is 32.7 Å². The van der Waals surface area contributed by atoms with Crippen LogP contribution in [0.2, 0.25) is 0 Å². The van der Waals surface area contributed by atoms with Gasteiger partial charge in [0.05, 0.1) is 34.1 Å². The largest absolute Gasteiger partial charge is 0.394 e. The first-order chi connectivity index (χ1) is 12.4. The molecule has 0 saturated carbocycles. The molecule has 0 heterocycles. The number of aliphatic hydroxyl groups is 2. The highest BCUT2D eigenvalue weighted by Gasteiger charge is 2.24. The number of nitrogens with one attached hydrogen (secondary N) is 1. The van der Waals surface area contributed by atoms with E-state index in [0.717, 1.165) is 6.07 Å². The molecule has 0 aliphatic rings. The molecular weight excluding hydrogens is 344 g/mol. The molecule has 0 radical (unpaired) electrons. The van der Waals surface area contributed by atoms with Crippen molar-refractivity contribution >= 4 is 17.1 Å². The molecule has 0 bridgehead atoms. The van der Waals surface area contributed by atoms with Gasteiger partial charge in [-0.1, -0.05) is 0 Å². The molecule has 2 aromatic carbocycles. The minimum atomic E-state index is -1.28. The summed E-state index contributed by atoms with van der Waals surface area (Å²) in [5.41, 5.74) is -0.123. The van der Waals surface area contributed by atoms with Crippen molar-refractivity contribution in [2.75, 3.05) is 11.9 Å². The monoisotopic (exact) mass is 358 g/mol. The summed E-state index contributed by atoms with van der Waals surface area (Å²) < 4.78 is 0. The van der Waals surface area contributed by atoms with Crippen molar-refractivity contribution < 1.29 is 20.1 Å². The first-order valence-corrected chi connectivity index (χ1v) is 7.35. The third-order valence-electron chi connectivity index (χ3n) is 3.69. The summed E-state index contributed by atoms with van der Waals surface area (Å²) in [6, 6.07) is 9.61. The van der Waals surface area contributed by atoms with Crippen LogP contribution in [0.25, 0.3) is 0 Å². The van der Waals surface area contributed by atoms with E-state index in [-0.39, 0.29) is 22.6 Å². The van der Waals surface area contributed by atoms with Gasteiger partial charge in [0, 0.05) is 18.2 Å². The first-order valence-electron chi connectivity index (χ1n) is 7.35. The number of nitrogens with zero attached hydrogens (tertiary/aromatic N) is 3. The molecule has 2 unspecified atom stereocenters. The van der Waals surface area contributed by atoms with E-state index < -0.39 is 28.6 Å². The maximum Gasteiger partial charge on any atom is 0.293 e. The Labute approximate surface area is 147 Å². The number of nitriles is 1. The second kappa shape index (κ2) is 8.02. The zero-order chi connectivity index (χ0) is 19.3. The second-order valence-corrected chi connectivity index (χ2v) is 5.33. The van der Waals surface area contributed by atoms with Crippen molar-refractivity contribution in [1.82, 2.24) is 0 Å². The molecule has 134 valence electrons. The van der Waals surface area contributed by atoms with Crippen molar-refractivity contribution in [2.45, 2.75) is 12.1 Å². The number of aliphatic hydroxyl groups excluding tert-OH is 2. The summed E-state index contributed by atoms with van der Waals surface area (Å²) in [6.45, 7) is -0.560. The highest BCUT2D eigenvalue weighted by Crippen LogP contribution is 2.29. The number of nitro groups is 2. The van der Waals surface area contributed by atoms with Gasteiger partial charge in [-0.2, -0.15) is 5.26 Å². The molecule has 2 atom stereocenters. The zero-order valence-electron chi connectivity index (χ0n) is 13.3. The van der Waals surface area contributed by atoms with Gasteiger partial charge >= 0.3 is 0 Å². The summed E-state index contributed by atoms with van der Waals surface area (Å²) in [5, 5.41) is 53.3. The first kappa shape index (κ1) is 18.8. The topological polar surface area (TPSA) is 163 Å². The molecular formula is C16H14N4O6. The number of non-ortho nitro benzene ring substituents is 1. The lowest BCUT2D eigenvalue weighted by atomic mass is 10.0. The standard InChI is InChI=1S/C16H14N4O6/c17-8-10-1-6-13(15(7-10)20(25)26)18-14(9-21)16(22)11-2-4-12(5-3-11)19(23)24/h1-7,14,16,18,21-22H,9H2. The predicted molar refractivity (Wildman–Crippen MR) is 90.4 cm³/mol. The Morgan fingerprint density at radius 3 is 2.27 bits per heavy atom. The van der Waals surface area contributed by atoms with Gasteiger partial charge in [0.1, 0.15) is 11.8 Å². The van der Waals surface area contributed by atoms with Crippen molar-refractivity contribution in [1.29, 1.82) is 5.26 Å². The molecule has 0 aliphatic carbocycles. The third kappa shape index (κ3) is 4.10. The normalized spacial score (nSPS) is 12.7. The molecule has 10 nitrogen and oxygen atoms in total. The van der Waals surface area contributed by atoms with Crippen molar-refractivity contribution in [3.63, 3.8) is 0 Å². The van der Waals surface area contributed by atoms with E-state index in [2.05, 4.69) is 5.32 Å². The quantitative estimate of drug-likeness (QED) is 0.499. The van der Waals surface area contributed by atoms with Gasteiger partial charge in [0.15, 0.2) is 0 Å². The van der Waals surface area contributed by atoms with E-state index in [4.69, 9.17) is 5.26 Å². The van der Waals surface area contributed by atoms with E-state index in [0.29, 0.717) is 5.56 Å². The Balaban J connectivity index is 2.27. The lowest BCUT2D eigenvalue weighted by molar-refractivity contribution is -0.384. The number of nitro benzene ring substituents is 2. The van der Waals surface area contributed by atoms with Crippen LogP contribution in [0.15, 0.2) is 42.5 Å². The fraction of sp³-hybridized carbons (Fsp3) is 0.188. The smallest absolute Gasteiger partial charge is 0.293 e. The molecule has 2 rings (SSSR count). The Hall–Kier alpha value is -3.55. The molecule has 26 heavy (non-hydrogen) atoms. The van der Waals surface area contributed by atoms with Crippen LogP contribution in [0.1, 0.15) is 17.2 Å². The van der Waals surface area contributed by atoms with Crippen LogP contribution in [-0.2, 0) is 0 Å². The average molecular weight is 358 g/mol. The number of anilines is 1. The third-order valence-corrected chi connectivity index (χ3v) is 3.69. The molecule has 3 N–H and O–H groups in total. The Kier molecular flexibility index (Phi) is 5.79. The SMILES string of the molecule is N#Cc1ccc(NC(CO)C(O)c2ccc([N+](=O)[O-])cc2)c([N+](=O)[O-])c1. The zero-order valence-corrected chi connectivity index (χ0v) is 13.3. The molecule has 0 saturated heterocycles. The summed E-state index contributed by atoms with van der Waals surface area (Å²) in [6.07, 6.45) is -1.28. The van der Waals surface area contributed by atoms with Crippen molar-refractivity contribution in [2.24, 2.45) is 0 Å². The average Bonchev–Trinajstić information content (AvgIpc) is 2.65. The molecule has 0 amide bonds. The summed E-state index contributed by atoms with van der Waals surface area (Å²) >= 11 is 0. The van der Waals surface area contributed by atoms with E-state index in [1.165, 1.54) is 36.4 Å². The number of rotatable bonds is 7. The highest BCUT2D eigenvalue weighted by atomic mass is 16.6. The van der Waals surface area contributed by atoms with Gasteiger partial charge in [-0.25, -0.2) is 0 Å². The second-order valence-electron chi connectivity index (χ2n) is 5.33. The number of benzene rings is 2. The Morgan fingerprint density at radius 1 is 1.12 bits per heavy atom. The van der Waals surface area contributed by atoms with Gasteiger partial charge in [-0.3, -0.25) is 20.2 Å². The molecule has 2 aromatic rings. The van der Waals surface area contributed by atoms with Crippen LogP contribution in [0.3, 0.4) is 0 Å². The maximum atomic E-state index is 11.2. The summed E-state index contributed by atoms with van der Waals surface area (Å²) in [4.78, 5) is 20.6. The van der Waals surface area contributed by atoms with E-state index in [1.54, 1.807) is 6.07 Å². The lowest BCUT2D eigenvalue weighted by Crippen LogP contribution is -2.31. The van der Waals surface area contributed by atoms with Crippen LogP contribution in [0.5, 0.6) is 0 Å². The van der Waals surface area contributed by atoms with Gasteiger partial charge in [0.25, 0.3) is 11.4 Å². The Morgan fingerprint density at radius 2 is 1.77 bits per heavy atom. The number of hydrogen-bond donors (Lipinski definition) is 3. The number of hydrogen-bond acceptors (Lipinski definition) is 8. The highest BCUT2D eigenvalue weighted by molar-refractivity contribution is 5.64. The summed E-state index contributed by atoms with van der Waals surface area (Å²) in [7, 11) is 0.